The molecule has 0 saturated heterocycles. The molecule has 0 atom stereocenters. The Balaban J connectivity index is 2.09. The van der Waals surface area contributed by atoms with Crippen molar-refractivity contribution in [1.29, 1.82) is 0 Å². The number of nitrogens with two attached hydrogens (primary N) is 1. The minimum atomic E-state index is -0.253. The standard InChI is InChI=1S/C15H17N3O2/c1-2-11-5-3-4-6-13(11)20-15-8-7-12(10-17-15)18-14(19)9-16/h3-8,10H,2,9,16H2,1H3,(H,18,19). The first kappa shape index (κ1) is 14.0. The third-order valence-corrected chi connectivity index (χ3v) is 2.77. The molecule has 20 heavy (non-hydrogen) atoms. The Labute approximate surface area is 117 Å². The second-order valence-corrected chi connectivity index (χ2v) is 4.20. The highest BCUT2D eigenvalue weighted by molar-refractivity contribution is 5.91. The summed E-state index contributed by atoms with van der Waals surface area (Å²) < 4.78 is 5.74. The maximum atomic E-state index is 11.1. The van der Waals surface area contributed by atoms with Crippen LogP contribution in [0.5, 0.6) is 11.6 Å². The highest BCUT2D eigenvalue weighted by Gasteiger charge is 2.04. The van der Waals surface area contributed by atoms with E-state index in [1.165, 1.54) is 6.20 Å². The Morgan fingerprint density at radius 3 is 2.75 bits per heavy atom. The maximum Gasteiger partial charge on any atom is 0.238 e. The number of carbonyl (C=O) groups is 1. The summed E-state index contributed by atoms with van der Waals surface area (Å²) in [6.07, 6.45) is 2.43. The van der Waals surface area contributed by atoms with E-state index in [9.17, 15) is 4.79 Å². The van der Waals surface area contributed by atoms with Gasteiger partial charge in [0.05, 0.1) is 18.4 Å². The van der Waals surface area contributed by atoms with Crippen molar-refractivity contribution in [2.45, 2.75) is 13.3 Å². The van der Waals surface area contributed by atoms with Crippen molar-refractivity contribution in [2.75, 3.05) is 11.9 Å². The molecule has 5 nitrogen and oxygen atoms in total. The van der Waals surface area contributed by atoms with Gasteiger partial charge in [-0.05, 0) is 24.1 Å². The van der Waals surface area contributed by atoms with Gasteiger partial charge in [0.25, 0.3) is 0 Å². The molecule has 0 unspecified atom stereocenters. The number of pyridine rings is 1. The lowest BCUT2D eigenvalue weighted by atomic mass is 10.1. The number of nitrogens with zero attached hydrogens (tertiary/aromatic N) is 1. The zero-order chi connectivity index (χ0) is 14.4. The van der Waals surface area contributed by atoms with Crippen LogP contribution in [0.2, 0.25) is 0 Å². The molecule has 2 aromatic rings. The average molecular weight is 271 g/mol. The molecule has 0 aliphatic carbocycles. The van der Waals surface area contributed by atoms with Crippen molar-refractivity contribution in [3.05, 3.63) is 48.2 Å². The van der Waals surface area contributed by atoms with Crippen LogP contribution in [-0.2, 0) is 11.2 Å². The fourth-order valence-electron chi connectivity index (χ4n) is 1.73. The van der Waals surface area contributed by atoms with Crippen molar-refractivity contribution < 1.29 is 9.53 Å². The summed E-state index contributed by atoms with van der Waals surface area (Å²) in [6.45, 7) is 2.02. The van der Waals surface area contributed by atoms with E-state index < -0.39 is 0 Å². The minimum absolute atomic E-state index is 0.0534. The molecule has 0 bridgehead atoms. The molecule has 0 fully saturated rings. The number of para-hydroxylation sites is 1. The first-order valence-corrected chi connectivity index (χ1v) is 6.44. The molecule has 1 heterocycles. The van der Waals surface area contributed by atoms with Crippen LogP contribution in [0.1, 0.15) is 12.5 Å². The van der Waals surface area contributed by atoms with Gasteiger partial charge in [0.15, 0.2) is 0 Å². The summed E-state index contributed by atoms with van der Waals surface area (Å²) in [4.78, 5) is 15.3. The van der Waals surface area contributed by atoms with Gasteiger partial charge in [0.1, 0.15) is 5.75 Å². The molecule has 104 valence electrons. The van der Waals surface area contributed by atoms with Crippen molar-refractivity contribution in [2.24, 2.45) is 5.73 Å². The smallest absolute Gasteiger partial charge is 0.238 e. The monoisotopic (exact) mass is 271 g/mol. The first-order chi connectivity index (χ1) is 9.72. The van der Waals surface area contributed by atoms with Gasteiger partial charge in [-0.1, -0.05) is 25.1 Å². The molecule has 3 N–H and O–H groups in total. The second-order valence-electron chi connectivity index (χ2n) is 4.20. The molecule has 5 heteroatoms. The third-order valence-electron chi connectivity index (χ3n) is 2.77. The van der Waals surface area contributed by atoms with Gasteiger partial charge in [-0.3, -0.25) is 4.79 Å². The van der Waals surface area contributed by atoms with Gasteiger partial charge in [-0.2, -0.15) is 0 Å². The van der Waals surface area contributed by atoms with E-state index in [4.69, 9.17) is 10.5 Å². The Bertz CT molecular complexity index is 582. The van der Waals surface area contributed by atoms with Crippen molar-refractivity contribution >= 4 is 11.6 Å². The number of hydrogen-bond donors (Lipinski definition) is 2. The number of ether oxygens (including phenoxy) is 1. The fourth-order valence-corrected chi connectivity index (χ4v) is 1.73. The zero-order valence-electron chi connectivity index (χ0n) is 11.3. The quantitative estimate of drug-likeness (QED) is 0.875. The van der Waals surface area contributed by atoms with Crippen LogP contribution < -0.4 is 15.8 Å². The summed E-state index contributed by atoms with van der Waals surface area (Å²) in [5.74, 6) is 1.02. The summed E-state index contributed by atoms with van der Waals surface area (Å²) >= 11 is 0. The molecule has 1 aromatic heterocycles. The third kappa shape index (κ3) is 3.55. The van der Waals surface area contributed by atoms with Crippen molar-refractivity contribution in [1.82, 2.24) is 4.98 Å². The number of hydrogen-bond acceptors (Lipinski definition) is 4. The number of anilines is 1. The predicted molar refractivity (Wildman–Crippen MR) is 77.8 cm³/mol. The fraction of sp³-hybridized carbons (Fsp3) is 0.200. The second kappa shape index (κ2) is 6.68. The first-order valence-electron chi connectivity index (χ1n) is 6.44. The number of aryl methyl sites for hydroxylation is 1. The Morgan fingerprint density at radius 1 is 1.30 bits per heavy atom. The van der Waals surface area contributed by atoms with Gasteiger partial charge >= 0.3 is 0 Å². The van der Waals surface area contributed by atoms with Crippen LogP contribution in [0, 0.1) is 0 Å². The van der Waals surface area contributed by atoms with Crippen molar-refractivity contribution in [3.8, 4) is 11.6 Å². The summed E-state index contributed by atoms with van der Waals surface area (Å²) in [5, 5.41) is 2.62. The lowest BCUT2D eigenvalue weighted by Crippen LogP contribution is -2.21. The largest absolute Gasteiger partial charge is 0.439 e. The van der Waals surface area contributed by atoms with Crippen LogP contribution in [0.25, 0.3) is 0 Å². The number of carbonyl (C=O) groups excluding carboxylic acids is 1. The molecule has 1 amide bonds. The van der Waals surface area contributed by atoms with Gasteiger partial charge in [-0.25, -0.2) is 4.98 Å². The van der Waals surface area contributed by atoms with E-state index in [1.54, 1.807) is 12.1 Å². The van der Waals surface area contributed by atoms with E-state index in [0.29, 0.717) is 11.6 Å². The van der Waals surface area contributed by atoms with Crippen molar-refractivity contribution in [3.63, 3.8) is 0 Å². The van der Waals surface area contributed by atoms with E-state index in [-0.39, 0.29) is 12.5 Å². The molecule has 0 aliphatic rings. The van der Waals surface area contributed by atoms with Gasteiger partial charge in [-0.15, -0.1) is 0 Å². The van der Waals surface area contributed by atoms with Gasteiger partial charge in [0.2, 0.25) is 11.8 Å². The maximum absolute atomic E-state index is 11.1. The number of amides is 1. The van der Waals surface area contributed by atoms with Gasteiger partial charge < -0.3 is 15.8 Å². The number of aromatic nitrogens is 1. The lowest BCUT2D eigenvalue weighted by molar-refractivity contribution is -0.114. The molecule has 0 saturated carbocycles. The topological polar surface area (TPSA) is 77.2 Å². The summed E-state index contributed by atoms with van der Waals surface area (Å²) in [5.41, 5.74) is 6.94. The van der Waals surface area contributed by atoms with E-state index >= 15 is 0 Å². The molecule has 0 aliphatic heterocycles. The summed E-state index contributed by atoms with van der Waals surface area (Å²) in [7, 11) is 0. The summed E-state index contributed by atoms with van der Waals surface area (Å²) in [6, 6.07) is 11.3. The van der Waals surface area contributed by atoms with E-state index in [1.807, 2.05) is 24.3 Å². The lowest BCUT2D eigenvalue weighted by Gasteiger charge is -2.09. The SMILES string of the molecule is CCc1ccccc1Oc1ccc(NC(=O)CN)cn1. The Hall–Kier alpha value is -2.40. The van der Waals surface area contributed by atoms with Crippen LogP contribution in [0.4, 0.5) is 5.69 Å². The van der Waals surface area contributed by atoms with Gasteiger partial charge in [0, 0.05) is 6.07 Å². The molecule has 0 radical (unpaired) electrons. The Kier molecular flexibility index (Phi) is 4.68. The van der Waals surface area contributed by atoms with E-state index in [0.717, 1.165) is 17.7 Å². The highest BCUT2D eigenvalue weighted by Crippen LogP contribution is 2.24. The molecular weight excluding hydrogens is 254 g/mol. The highest BCUT2D eigenvalue weighted by atomic mass is 16.5. The van der Waals surface area contributed by atoms with E-state index in [2.05, 4.69) is 17.2 Å². The number of benzene rings is 1. The number of rotatable bonds is 5. The van der Waals surface area contributed by atoms with Crippen LogP contribution in [0.15, 0.2) is 42.6 Å². The molecule has 2 rings (SSSR count). The Morgan fingerprint density at radius 2 is 2.10 bits per heavy atom. The number of nitrogens with one attached hydrogen (secondary N) is 1. The average Bonchev–Trinajstić information content (AvgIpc) is 2.49. The minimum Gasteiger partial charge on any atom is -0.439 e. The molecule has 1 aromatic carbocycles. The van der Waals surface area contributed by atoms with Crippen LogP contribution in [-0.4, -0.2) is 17.4 Å². The predicted octanol–water partition coefficient (Wildman–Crippen LogP) is 2.33. The zero-order valence-corrected chi connectivity index (χ0v) is 11.3. The molecule has 0 spiro atoms. The van der Waals surface area contributed by atoms with Crippen LogP contribution in [0.3, 0.4) is 0 Å². The normalized spacial score (nSPS) is 10.1. The molecular formula is C15H17N3O2. The van der Waals surface area contributed by atoms with Crippen LogP contribution >= 0.6 is 0 Å².